The number of imidazole rings is 1. The number of amides is 2. The monoisotopic (exact) mass is 535 g/mol. The number of aryl methyl sites for hydroxylation is 2. The van der Waals surface area contributed by atoms with Crippen LogP contribution in [-0.4, -0.2) is 44.9 Å². The molecule has 1 aliphatic rings. The van der Waals surface area contributed by atoms with Crippen molar-refractivity contribution < 1.29 is 22.8 Å². The van der Waals surface area contributed by atoms with Crippen LogP contribution < -0.4 is 10.2 Å². The Hall–Kier alpha value is -3.27. The van der Waals surface area contributed by atoms with Gasteiger partial charge < -0.3 is 14.8 Å². The number of nitrogens with one attached hydrogen (secondary N) is 1. The van der Waals surface area contributed by atoms with Crippen LogP contribution in [0.3, 0.4) is 0 Å². The summed E-state index contributed by atoms with van der Waals surface area (Å²) in [5.41, 5.74) is 2.15. The number of hydrogen-bond acceptors (Lipinski definition) is 4. The zero-order valence-corrected chi connectivity index (χ0v) is 21.6. The molecule has 11 heteroatoms. The first-order valence-electron chi connectivity index (χ1n) is 12.1. The summed E-state index contributed by atoms with van der Waals surface area (Å²) in [7, 11) is 1.89. The quantitative estimate of drug-likeness (QED) is 0.412. The van der Waals surface area contributed by atoms with Gasteiger partial charge in [0.25, 0.3) is 0 Å². The molecule has 7 nitrogen and oxygen atoms in total. The highest BCUT2D eigenvalue weighted by Crippen LogP contribution is 2.30. The first-order chi connectivity index (χ1) is 17.4. The summed E-state index contributed by atoms with van der Waals surface area (Å²) in [6.07, 6.45) is -3.17. The SMILES string of the molecule is CC(C)C(=O)N(Cl)[C@@H]1CCN(c2nc3ccc(NC(=O)CCc4ccc(C(F)(F)F)cc4)cc3n2C)C1. The minimum atomic E-state index is -4.38. The topological polar surface area (TPSA) is 70.5 Å². The summed E-state index contributed by atoms with van der Waals surface area (Å²) in [4.78, 5) is 31.6. The Balaban J connectivity index is 1.39. The molecule has 0 radical (unpaired) electrons. The Morgan fingerprint density at radius 2 is 1.89 bits per heavy atom. The van der Waals surface area contributed by atoms with Gasteiger partial charge in [-0.3, -0.25) is 9.59 Å². The number of carbonyl (C=O) groups excluding carboxylic acids is 2. The molecule has 0 bridgehead atoms. The molecule has 1 atom stereocenters. The fourth-order valence-corrected chi connectivity index (χ4v) is 4.77. The minimum Gasteiger partial charge on any atom is -0.340 e. The van der Waals surface area contributed by atoms with E-state index in [0.29, 0.717) is 30.8 Å². The lowest BCUT2D eigenvalue weighted by Crippen LogP contribution is -2.37. The number of carbonyl (C=O) groups is 2. The fraction of sp³-hybridized carbons (Fsp3) is 0.423. The molecule has 1 aliphatic heterocycles. The lowest BCUT2D eigenvalue weighted by Gasteiger charge is -2.23. The van der Waals surface area contributed by atoms with Gasteiger partial charge in [0.15, 0.2) is 0 Å². The van der Waals surface area contributed by atoms with Crippen LogP contribution in [0, 0.1) is 5.92 Å². The van der Waals surface area contributed by atoms with Crippen molar-refractivity contribution in [3.05, 3.63) is 53.6 Å². The van der Waals surface area contributed by atoms with E-state index in [9.17, 15) is 22.8 Å². The molecule has 0 unspecified atom stereocenters. The average Bonchev–Trinajstić information content (AvgIpc) is 3.46. The van der Waals surface area contributed by atoms with Crippen LogP contribution in [0.5, 0.6) is 0 Å². The van der Waals surface area contributed by atoms with Crippen LogP contribution in [0.25, 0.3) is 11.0 Å². The molecule has 0 saturated carbocycles. The highest BCUT2D eigenvalue weighted by atomic mass is 35.5. The van der Waals surface area contributed by atoms with Crippen LogP contribution in [0.2, 0.25) is 0 Å². The van der Waals surface area contributed by atoms with Crippen molar-refractivity contribution in [2.24, 2.45) is 13.0 Å². The lowest BCUT2D eigenvalue weighted by molar-refractivity contribution is -0.137. The maximum absolute atomic E-state index is 12.7. The predicted molar refractivity (Wildman–Crippen MR) is 137 cm³/mol. The van der Waals surface area contributed by atoms with Crippen LogP contribution in [-0.2, 0) is 29.2 Å². The lowest BCUT2D eigenvalue weighted by atomic mass is 10.1. The van der Waals surface area contributed by atoms with E-state index in [0.717, 1.165) is 35.5 Å². The van der Waals surface area contributed by atoms with E-state index in [1.807, 2.05) is 37.6 Å². The Kier molecular flexibility index (Phi) is 7.68. The van der Waals surface area contributed by atoms with Crippen molar-refractivity contribution >= 4 is 46.3 Å². The molecule has 0 spiro atoms. The van der Waals surface area contributed by atoms with Gasteiger partial charge in [0.2, 0.25) is 17.8 Å². The number of alkyl halides is 3. The van der Waals surface area contributed by atoms with Crippen LogP contribution in [0.4, 0.5) is 24.8 Å². The number of hydrogen-bond donors (Lipinski definition) is 1. The third-order valence-electron chi connectivity index (χ3n) is 6.53. The Morgan fingerprint density at radius 3 is 2.54 bits per heavy atom. The molecule has 3 aromatic rings. The van der Waals surface area contributed by atoms with E-state index in [4.69, 9.17) is 16.8 Å². The number of nitrogens with zero attached hydrogens (tertiary/aromatic N) is 4. The Morgan fingerprint density at radius 1 is 1.19 bits per heavy atom. The van der Waals surface area contributed by atoms with Crippen molar-refractivity contribution in [3.63, 3.8) is 0 Å². The molecular weight excluding hydrogens is 507 g/mol. The molecule has 0 aliphatic carbocycles. The van der Waals surface area contributed by atoms with E-state index in [2.05, 4.69) is 10.2 Å². The smallest absolute Gasteiger partial charge is 0.340 e. The van der Waals surface area contributed by atoms with Crippen molar-refractivity contribution in [2.75, 3.05) is 23.3 Å². The molecule has 1 aromatic heterocycles. The summed E-state index contributed by atoms with van der Waals surface area (Å²) in [5.74, 6) is 0.245. The van der Waals surface area contributed by atoms with Gasteiger partial charge in [-0.05, 0) is 48.7 Å². The zero-order chi connectivity index (χ0) is 26.9. The first kappa shape index (κ1) is 26.8. The van der Waals surface area contributed by atoms with Crippen molar-refractivity contribution in [2.45, 2.75) is 45.3 Å². The van der Waals surface area contributed by atoms with E-state index in [1.165, 1.54) is 16.6 Å². The second kappa shape index (κ2) is 10.6. The van der Waals surface area contributed by atoms with Gasteiger partial charge in [-0.25, -0.2) is 9.40 Å². The average molecular weight is 536 g/mol. The summed E-state index contributed by atoms with van der Waals surface area (Å²) >= 11 is 6.31. The van der Waals surface area contributed by atoms with Gasteiger partial charge >= 0.3 is 6.18 Å². The largest absolute Gasteiger partial charge is 0.416 e. The van der Waals surface area contributed by atoms with Gasteiger partial charge in [-0.15, -0.1) is 0 Å². The molecule has 1 N–H and O–H groups in total. The van der Waals surface area contributed by atoms with Gasteiger partial charge in [0.05, 0.1) is 22.6 Å². The maximum atomic E-state index is 12.7. The molecule has 4 rings (SSSR count). The number of aromatic nitrogens is 2. The van der Waals surface area contributed by atoms with Crippen LogP contribution >= 0.6 is 11.8 Å². The van der Waals surface area contributed by atoms with E-state index >= 15 is 0 Å². The number of fused-ring (bicyclic) bond motifs is 1. The molecule has 198 valence electrons. The summed E-state index contributed by atoms with van der Waals surface area (Å²) in [6.45, 7) is 4.93. The maximum Gasteiger partial charge on any atom is 0.416 e. The van der Waals surface area contributed by atoms with Crippen molar-refractivity contribution in [1.82, 2.24) is 14.0 Å². The van der Waals surface area contributed by atoms with E-state index < -0.39 is 11.7 Å². The standard InChI is InChI=1S/C26H29ClF3N5O2/c1-16(2)24(37)35(27)20-12-13-34(15-20)25-32-21-10-9-19(14-22(21)33(25)3)31-23(36)11-6-17-4-7-18(8-5-17)26(28,29)30/h4-5,7-10,14,16,20H,6,11-13,15H2,1-3H3,(H,31,36)/t20-/m1/s1. The second-order valence-electron chi connectivity index (χ2n) is 9.61. The fourth-order valence-electron chi connectivity index (χ4n) is 4.41. The van der Waals surface area contributed by atoms with E-state index in [-0.39, 0.29) is 30.2 Å². The molecule has 2 amide bonds. The highest BCUT2D eigenvalue weighted by Gasteiger charge is 2.33. The third kappa shape index (κ3) is 6.01. The minimum absolute atomic E-state index is 0.0998. The summed E-state index contributed by atoms with van der Waals surface area (Å²) in [6, 6.07) is 10.2. The highest BCUT2D eigenvalue weighted by molar-refractivity contribution is 6.21. The predicted octanol–water partition coefficient (Wildman–Crippen LogP) is 5.38. The van der Waals surface area contributed by atoms with E-state index in [1.54, 1.807) is 6.07 Å². The van der Waals surface area contributed by atoms with Gasteiger partial charge in [0, 0.05) is 49.9 Å². The normalized spacial score (nSPS) is 16.0. The van der Waals surface area contributed by atoms with Crippen LogP contribution in [0.1, 0.15) is 37.8 Å². The first-order valence-corrected chi connectivity index (χ1v) is 12.4. The second-order valence-corrected chi connectivity index (χ2v) is 9.97. The molecule has 1 fully saturated rings. The number of rotatable bonds is 7. The Labute approximate surface area is 218 Å². The zero-order valence-electron chi connectivity index (χ0n) is 20.8. The number of benzene rings is 2. The van der Waals surface area contributed by atoms with Gasteiger partial charge in [-0.2, -0.15) is 13.2 Å². The Bertz CT molecular complexity index is 1290. The molecule has 2 heterocycles. The summed E-state index contributed by atoms with van der Waals surface area (Å²) in [5, 5.41) is 2.86. The van der Waals surface area contributed by atoms with Gasteiger partial charge in [0.1, 0.15) is 0 Å². The summed E-state index contributed by atoms with van der Waals surface area (Å²) < 4.78 is 41.4. The number of halogens is 4. The van der Waals surface area contributed by atoms with Crippen molar-refractivity contribution in [3.8, 4) is 0 Å². The molecular formula is C26H29ClF3N5O2. The van der Waals surface area contributed by atoms with Gasteiger partial charge in [-0.1, -0.05) is 26.0 Å². The molecule has 1 saturated heterocycles. The van der Waals surface area contributed by atoms with Crippen molar-refractivity contribution in [1.29, 1.82) is 0 Å². The molecule has 2 aromatic carbocycles. The molecule has 37 heavy (non-hydrogen) atoms. The number of anilines is 2. The third-order valence-corrected chi connectivity index (χ3v) is 6.98. The van der Waals surface area contributed by atoms with Crippen LogP contribution in [0.15, 0.2) is 42.5 Å².